The maximum absolute atomic E-state index is 14.4. The van der Waals surface area contributed by atoms with E-state index >= 15 is 0 Å². The Morgan fingerprint density at radius 3 is 2.42 bits per heavy atom. The van der Waals surface area contributed by atoms with Crippen molar-refractivity contribution in [3.8, 4) is 0 Å². The van der Waals surface area contributed by atoms with E-state index in [9.17, 15) is 31.1 Å². The average Bonchev–Trinajstić information content (AvgIpc) is 3.27. The van der Waals surface area contributed by atoms with Gasteiger partial charge in [0.2, 0.25) is 11.7 Å². The maximum atomic E-state index is 14.4. The number of carbonyl (C=O) groups excluding carboxylic acids is 1. The van der Waals surface area contributed by atoms with Crippen molar-refractivity contribution in [3.63, 3.8) is 0 Å². The van der Waals surface area contributed by atoms with Crippen molar-refractivity contribution in [2.45, 2.75) is 51.1 Å². The molecule has 36 heavy (non-hydrogen) atoms. The van der Waals surface area contributed by atoms with Crippen LogP contribution in [0.1, 0.15) is 42.2 Å². The molecule has 1 aliphatic rings. The first kappa shape index (κ1) is 25.7. The van der Waals surface area contributed by atoms with Gasteiger partial charge in [-0.1, -0.05) is 30.3 Å². The summed E-state index contributed by atoms with van der Waals surface area (Å²) < 4.78 is 81.8. The fourth-order valence-electron chi connectivity index (χ4n) is 4.29. The fraction of sp³-hybridized carbons (Fsp3) is 0.375. The number of amides is 1. The second-order valence-electron chi connectivity index (χ2n) is 8.67. The van der Waals surface area contributed by atoms with E-state index in [0.717, 1.165) is 16.2 Å². The Hall–Kier alpha value is -3.41. The number of alkyl halides is 3. The van der Waals surface area contributed by atoms with Crippen LogP contribution < -0.4 is 5.32 Å². The Bertz CT molecular complexity index is 1230. The topological polar surface area (TPSA) is 63.1 Å². The van der Waals surface area contributed by atoms with Crippen molar-refractivity contribution < 1.29 is 31.1 Å². The number of fused-ring (bicyclic) bond motifs is 1. The minimum absolute atomic E-state index is 0.00739. The summed E-state index contributed by atoms with van der Waals surface area (Å²) in [6, 6.07) is 9.51. The number of aromatic nitrogens is 3. The molecule has 0 saturated carbocycles. The smallest absolute Gasteiger partial charge is 0.333 e. The van der Waals surface area contributed by atoms with E-state index in [-0.39, 0.29) is 49.9 Å². The van der Waals surface area contributed by atoms with Crippen LogP contribution in [-0.2, 0) is 30.5 Å². The van der Waals surface area contributed by atoms with Gasteiger partial charge in [0.15, 0.2) is 17.5 Å². The lowest BCUT2D eigenvalue weighted by atomic mass is 9.99. The summed E-state index contributed by atoms with van der Waals surface area (Å²) in [6.07, 6.45) is -4.93. The van der Waals surface area contributed by atoms with Crippen LogP contribution in [0.25, 0.3) is 0 Å². The lowest BCUT2D eigenvalue weighted by Crippen LogP contribution is -2.43. The molecule has 1 aromatic heterocycles. The van der Waals surface area contributed by atoms with Crippen LogP contribution in [0.2, 0.25) is 0 Å². The van der Waals surface area contributed by atoms with Crippen LogP contribution in [-0.4, -0.2) is 38.2 Å². The Morgan fingerprint density at radius 1 is 1.03 bits per heavy atom. The zero-order chi connectivity index (χ0) is 26.0. The molecule has 1 amide bonds. The number of nitrogens with one attached hydrogen (secondary N) is 1. The predicted molar refractivity (Wildman–Crippen MR) is 117 cm³/mol. The quantitative estimate of drug-likeness (QED) is 0.377. The molecule has 0 saturated heterocycles. The summed E-state index contributed by atoms with van der Waals surface area (Å²) in [7, 11) is 0. The van der Waals surface area contributed by atoms with Gasteiger partial charge in [-0.15, -0.1) is 10.2 Å². The molecule has 6 nitrogen and oxygen atoms in total. The normalized spacial score (nSPS) is 15.5. The molecule has 192 valence electrons. The molecule has 2 heterocycles. The molecule has 0 fully saturated rings. The van der Waals surface area contributed by atoms with Crippen LogP contribution >= 0.6 is 0 Å². The number of nitrogens with zero attached hydrogens (tertiary/aromatic N) is 4. The molecule has 0 bridgehead atoms. The number of benzene rings is 2. The summed E-state index contributed by atoms with van der Waals surface area (Å²) >= 11 is 0. The van der Waals surface area contributed by atoms with E-state index < -0.39 is 41.4 Å². The van der Waals surface area contributed by atoms with E-state index in [4.69, 9.17) is 0 Å². The molecule has 1 aliphatic heterocycles. The summed E-state index contributed by atoms with van der Waals surface area (Å²) in [5.74, 6) is -4.97. The minimum atomic E-state index is -4.66. The highest BCUT2D eigenvalue weighted by molar-refractivity contribution is 5.77. The third-order valence-corrected chi connectivity index (χ3v) is 6.12. The van der Waals surface area contributed by atoms with E-state index in [1.165, 1.54) is 4.90 Å². The Morgan fingerprint density at radius 2 is 1.72 bits per heavy atom. The first-order valence-electron chi connectivity index (χ1n) is 11.2. The molecule has 4 rings (SSSR count). The van der Waals surface area contributed by atoms with Crippen molar-refractivity contribution in [1.82, 2.24) is 25.0 Å². The van der Waals surface area contributed by atoms with Gasteiger partial charge in [0.25, 0.3) is 0 Å². The first-order chi connectivity index (χ1) is 17.0. The Labute approximate surface area is 202 Å². The second kappa shape index (κ2) is 10.3. The van der Waals surface area contributed by atoms with Crippen molar-refractivity contribution in [3.05, 3.63) is 82.7 Å². The monoisotopic (exact) mass is 511 g/mol. The summed E-state index contributed by atoms with van der Waals surface area (Å²) in [6.45, 7) is 1.56. The molecule has 12 heteroatoms. The molecular formula is C24H23F6N5O. The van der Waals surface area contributed by atoms with E-state index in [1.54, 1.807) is 0 Å². The van der Waals surface area contributed by atoms with Gasteiger partial charge in [-0.05, 0) is 30.5 Å². The highest BCUT2D eigenvalue weighted by atomic mass is 19.4. The standard InChI is InChI=1S/C24H23F6N5O/c1-14(15-5-3-2-4-6-15)31-17(9-16-10-19(26)20(27)12-18(16)25)11-22(36)34-7-8-35-21(13-34)32-33-23(35)24(28,29)30/h2-6,10,12,14,17,31H,7-9,11,13H2,1H3/t14?,17-/m1/s1. The third kappa shape index (κ3) is 5.69. The molecule has 0 spiro atoms. The van der Waals surface area contributed by atoms with Gasteiger partial charge in [0, 0.05) is 37.7 Å². The van der Waals surface area contributed by atoms with Crippen LogP contribution in [0.3, 0.4) is 0 Å². The zero-order valence-corrected chi connectivity index (χ0v) is 19.2. The first-order valence-corrected chi connectivity index (χ1v) is 11.2. The number of hydrogen-bond acceptors (Lipinski definition) is 4. The number of carbonyl (C=O) groups is 1. The highest BCUT2D eigenvalue weighted by Gasteiger charge is 2.40. The van der Waals surface area contributed by atoms with Crippen LogP contribution in [0, 0.1) is 17.5 Å². The largest absolute Gasteiger partial charge is 0.451 e. The van der Waals surface area contributed by atoms with Crippen molar-refractivity contribution >= 4 is 5.91 Å². The maximum Gasteiger partial charge on any atom is 0.451 e. The van der Waals surface area contributed by atoms with Crippen LogP contribution in [0.5, 0.6) is 0 Å². The predicted octanol–water partition coefficient (Wildman–Crippen LogP) is 4.41. The van der Waals surface area contributed by atoms with E-state index in [2.05, 4.69) is 15.5 Å². The van der Waals surface area contributed by atoms with Crippen molar-refractivity contribution in [2.24, 2.45) is 0 Å². The molecule has 0 radical (unpaired) electrons. The van der Waals surface area contributed by atoms with Gasteiger partial charge in [-0.3, -0.25) is 4.79 Å². The number of hydrogen-bond donors (Lipinski definition) is 1. The molecule has 1 N–H and O–H groups in total. The zero-order valence-electron chi connectivity index (χ0n) is 19.2. The van der Waals surface area contributed by atoms with Crippen LogP contribution in [0.4, 0.5) is 26.3 Å². The fourth-order valence-corrected chi connectivity index (χ4v) is 4.29. The summed E-state index contributed by atoms with van der Waals surface area (Å²) in [5.41, 5.74) is 0.791. The summed E-state index contributed by atoms with van der Waals surface area (Å²) in [5, 5.41) is 10.0. The van der Waals surface area contributed by atoms with Gasteiger partial charge in [0.1, 0.15) is 5.82 Å². The van der Waals surface area contributed by atoms with E-state index in [0.29, 0.717) is 6.07 Å². The lowest BCUT2D eigenvalue weighted by molar-refractivity contribution is -0.148. The molecule has 3 aromatic rings. The Kier molecular flexibility index (Phi) is 7.34. The van der Waals surface area contributed by atoms with Crippen LogP contribution in [0.15, 0.2) is 42.5 Å². The third-order valence-electron chi connectivity index (χ3n) is 6.12. The molecule has 1 unspecified atom stereocenters. The van der Waals surface area contributed by atoms with Gasteiger partial charge in [-0.25, -0.2) is 13.2 Å². The lowest BCUT2D eigenvalue weighted by Gasteiger charge is -2.30. The van der Waals surface area contributed by atoms with Gasteiger partial charge >= 0.3 is 6.18 Å². The summed E-state index contributed by atoms with van der Waals surface area (Å²) in [4.78, 5) is 14.5. The Balaban J connectivity index is 1.52. The highest BCUT2D eigenvalue weighted by Crippen LogP contribution is 2.29. The van der Waals surface area contributed by atoms with Gasteiger partial charge in [-0.2, -0.15) is 13.2 Å². The minimum Gasteiger partial charge on any atom is -0.333 e. The van der Waals surface area contributed by atoms with Crippen molar-refractivity contribution in [2.75, 3.05) is 6.54 Å². The molecular weight excluding hydrogens is 488 g/mol. The van der Waals surface area contributed by atoms with E-state index in [1.807, 2.05) is 37.3 Å². The number of rotatable bonds is 7. The molecule has 2 atom stereocenters. The number of halogens is 6. The molecule has 2 aromatic carbocycles. The average molecular weight is 511 g/mol. The van der Waals surface area contributed by atoms with Crippen molar-refractivity contribution in [1.29, 1.82) is 0 Å². The van der Waals surface area contributed by atoms with Gasteiger partial charge in [0.05, 0.1) is 6.54 Å². The SMILES string of the molecule is CC(N[C@@H](CC(=O)N1CCn2c(nnc2C(F)(F)F)C1)Cc1cc(F)c(F)cc1F)c1ccccc1. The second-order valence-corrected chi connectivity index (χ2v) is 8.67. The van der Waals surface area contributed by atoms with Gasteiger partial charge < -0.3 is 14.8 Å². The molecule has 0 aliphatic carbocycles.